The summed E-state index contributed by atoms with van der Waals surface area (Å²) in [6.45, 7) is 2.14. The highest BCUT2D eigenvalue weighted by Gasteiger charge is 2.24. The quantitative estimate of drug-likeness (QED) is 0.804. The van der Waals surface area contributed by atoms with E-state index in [1.807, 2.05) is 0 Å². The Kier molecular flexibility index (Phi) is 4.44. The van der Waals surface area contributed by atoms with Gasteiger partial charge in [0.25, 0.3) is 0 Å². The van der Waals surface area contributed by atoms with Gasteiger partial charge < -0.3 is 5.73 Å². The molecule has 5 heteroatoms. The van der Waals surface area contributed by atoms with E-state index in [0.29, 0.717) is 19.4 Å². The molecular formula is C11H16FNO2S. The monoisotopic (exact) mass is 245 g/mol. The van der Waals surface area contributed by atoms with Crippen LogP contribution in [0.25, 0.3) is 0 Å². The van der Waals surface area contributed by atoms with Crippen LogP contribution in [0.15, 0.2) is 29.2 Å². The van der Waals surface area contributed by atoms with Gasteiger partial charge in [-0.3, -0.25) is 0 Å². The predicted octanol–water partition coefficient (Wildman–Crippen LogP) is 1.73. The highest BCUT2D eigenvalue weighted by atomic mass is 32.2. The zero-order valence-corrected chi connectivity index (χ0v) is 10.0. The number of nitrogens with two attached hydrogens (primary N) is 1. The van der Waals surface area contributed by atoms with E-state index in [9.17, 15) is 12.8 Å². The van der Waals surface area contributed by atoms with Crippen LogP contribution in [0.3, 0.4) is 0 Å². The lowest BCUT2D eigenvalue weighted by Crippen LogP contribution is -2.23. The van der Waals surface area contributed by atoms with Crippen molar-refractivity contribution in [3.05, 3.63) is 30.1 Å². The molecule has 1 rings (SSSR count). The van der Waals surface area contributed by atoms with Gasteiger partial charge in [-0.05, 0) is 43.7 Å². The van der Waals surface area contributed by atoms with Crippen LogP contribution in [-0.4, -0.2) is 20.2 Å². The van der Waals surface area contributed by atoms with Crippen molar-refractivity contribution in [1.82, 2.24) is 0 Å². The summed E-state index contributed by atoms with van der Waals surface area (Å²) in [5, 5.41) is -0.483. The molecule has 0 aliphatic rings. The fraction of sp³-hybridized carbons (Fsp3) is 0.455. The first-order chi connectivity index (χ1) is 7.52. The van der Waals surface area contributed by atoms with Crippen LogP contribution >= 0.6 is 0 Å². The maximum Gasteiger partial charge on any atom is 0.181 e. The normalized spacial score (nSPS) is 13.7. The fourth-order valence-corrected chi connectivity index (χ4v) is 3.37. The largest absolute Gasteiger partial charge is 0.330 e. The molecule has 0 fully saturated rings. The molecule has 0 amide bonds. The molecule has 0 saturated heterocycles. The predicted molar refractivity (Wildman–Crippen MR) is 61.3 cm³/mol. The van der Waals surface area contributed by atoms with Gasteiger partial charge in [-0.1, -0.05) is 6.92 Å². The third-order valence-corrected chi connectivity index (χ3v) is 4.90. The summed E-state index contributed by atoms with van der Waals surface area (Å²) >= 11 is 0. The molecule has 0 bridgehead atoms. The number of benzene rings is 1. The van der Waals surface area contributed by atoms with Crippen LogP contribution in [0.4, 0.5) is 4.39 Å². The van der Waals surface area contributed by atoms with Crippen LogP contribution in [0, 0.1) is 5.82 Å². The van der Waals surface area contributed by atoms with E-state index in [2.05, 4.69) is 0 Å². The molecule has 3 nitrogen and oxygen atoms in total. The van der Waals surface area contributed by atoms with E-state index in [0.717, 1.165) is 12.1 Å². The number of halogens is 1. The van der Waals surface area contributed by atoms with Crippen molar-refractivity contribution in [2.45, 2.75) is 29.9 Å². The fourth-order valence-electron chi connectivity index (χ4n) is 1.58. The van der Waals surface area contributed by atoms with Crippen LogP contribution < -0.4 is 5.73 Å². The number of hydrogen-bond acceptors (Lipinski definition) is 3. The average Bonchev–Trinajstić information content (AvgIpc) is 2.26. The van der Waals surface area contributed by atoms with E-state index in [-0.39, 0.29) is 4.90 Å². The van der Waals surface area contributed by atoms with Gasteiger partial charge in [0.1, 0.15) is 5.82 Å². The van der Waals surface area contributed by atoms with Gasteiger partial charge >= 0.3 is 0 Å². The van der Waals surface area contributed by atoms with E-state index < -0.39 is 20.9 Å². The summed E-state index contributed by atoms with van der Waals surface area (Å²) in [7, 11) is -3.38. The Balaban J connectivity index is 3.04. The van der Waals surface area contributed by atoms with Crippen molar-refractivity contribution in [2.24, 2.45) is 5.73 Å². The van der Waals surface area contributed by atoms with Crippen molar-refractivity contribution in [3.8, 4) is 0 Å². The Morgan fingerprint density at radius 1 is 1.31 bits per heavy atom. The number of hydrogen-bond donors (Lipinski definition) is 1. The molecule has 0 radical (unpaired) electrons. The molecule has 0 aliphatic heterocycles. The third-order valence-electron chi connectivity index (χ3n) is 2.52. The maximum atomic E-state index is 12.7. The second-order valence-electron chi connectivity index (χ2n) is 3.61. The second-order valence-corrected chi connectivity index (χ2v) is 5.83. The first-order valence-corrected chi connectivity index (χ1v) is 6.76. The van der Waals surface area contributed by atoms with Gasteiger partial charge in [0.2, 0.25) is 0 Å². The van der Waals surface area contributed by atoms with Crippen LogP contribution in [-0.2, 0) is 9.84 Å². The standard InChI is InChI=1S/C11H16FNO2S/c1-2-10(7-8-13)16(14,15)11-5-3-9(12)4-6-11/h3-6,10H,2,7-8,13H2,1H3. The molecule has 0 saturated carbocycles. The van der Waals surface area contributed by atoms with Gasteiger partial charge in [0.15, 0.2) is 9.84 Å². The van der Waals surface area contributed by atoms with E-state index in [1.54, 1.807) is 6.92 Å². The average molecular weight is 245 g/mol. The van der Waals surface area contributed by atoms with Gasteiger partial charge in [-0.25, -0.2) is 12.8 Å². The van der Waals surface area contributed by atoms with Crippen molar-refractivity contribution < 1.29 is 12.8 Å². The topological polar surface area (TPSA) is 60.2 Å². The smallest absolute Gasteiger partial charge is 0.181 e. The number of rotatable bonds is 5. The molecule has 90 valence electrons. The van der Waals surface area contributed by atoms with Gasteiger partial charge in [-0.2, -0.15) is 0 Å². The Bertz CT molecular complexity index is 428. The Morgan fingerprint density at radius 3 is 2.31 bits per heavy atom. The molecular weight excluding hydrogens is 229 g/mol. The molecule has 2 N–H and O–H groups in total. The van der Waals surface area contributed by atoms with E-state index in [4.69, 9.17) is 5.73 Å². The van der Waals surface area contributed by atoms with Crippen molar-refractivity contribution in [3.63, 3.8) is 0 Å². The van der Waals surface area contributed by atoms with E-state index >= 15 is 0 Å². The first-order valence-electron chi connectivity index (χ1n) is 5.22. The lowest BCUT2D eigenvalue weighted by Gasteiger charge is -2.14. The molecule has 0 spiro atoms. The summed E-state index contributed by atoms with van der Waals surface area (Å²) in [5.41, 5.74) is 5.38. The summed E-state index contributed by atoms with van der Waals surface area (Å²) in [6, 6.07) is 4.90. The Labute approximate surface area is 95.4 Å². The highest BCUT2D eigenvalue weighted by Crippen LogP contribution is 2.20. The summed E-state index contributed by atoms with van der Waals surface area (Å²) < 4.78 is 36.9. The van der Waals surface area contributed by atoms with Gasteiger partial charge in [0, 0.05) is 0 Å². The minimum atomic E-state index is -3.38. The van der Waals surface area contributed by atoms with Crippen LogP contribution in [0.5, 0.6) is 0 Å². The van der Waals surface area contributed by atoms with Crippen molar-refractivity contribution in [1.29, 1.82) is 0 Å². The molecule has 0 heterocycles. The SMILES string of the molecule is CCC(CCN)S(=O)(=O)c1ccc(F)cc1. The van der Waals surface area contributed by atoms with Crippen LogP contribution in [0.2, 0.25) is 0 Å². The summed E-state index contributed by atoms with van der Waals surface area (Å²) in [5.74, 6) is -0.439. The zero-order valence-electron chi connectivity index (χ0n) is 9.19. The molecule has 1 unspecified atom stereocenters. The van der Waals surface area contributed by atoms with Crippen LogP contribution in [0.1, 0.15) is 19.8 Å². The van der Waals surface area contributed by atoms with Gasteiger partial charge in [0.05, 0.1) is 10.1 Å². The van der Waals surface area contributed by atoms with Crippen molar-refractivity contribution in [2.75, 3.05) is 6.54 Å². The molecule has 16 heavy (non-hydrogen) atoms. The minimum Gasteiger partial charge on any atom is -0.330 e. The lowest BCUT2D eigenvalue weighted by molar-refractivity contribution is 0.567. The highest BCUT2D eigenvalue weighted by molar-refractivity contribution is 7.92. The Hall–Kier alpha value is -0.940. The third kappa shape index (κ3) is 2.80. The van der Waals surface area contributed by atoms with Crippen molar-refractivity contribution >= 4 is 9.84 Å². The zero-order chi connectivity index (χ0) is 12.2. The maximum absolute atomic E-state index is 12.7. The summed E-state index contributed by atoms with van der Waals surface area (Å²) in [4.78, 5) is 0.161. The first kappa shape index (κ1) is 13.1. The number of sulfone groups is 1. The summed E-state index contributed by atoms with van der Waals surface area (Å²) in [6.07, 6.45) is 0.938. The lowest BCUT2D eigenvalue weighted by atomic mass is 10.2. The molecule has 0 aliphatic carbocycles. The molecule has 1 atom stereocenters. The second kappa shape index (κ2) is 5.41. The van der Waals surface area contributed by atoms with E-state index in [1.165, 1.54) is 12.1 Å². The Morgan fingerprint density at radius 2 is 1.88 bits per heavy atom. The molecule has 0 aromatic heterocycles. The molecule has 1 aromatic carbocycles. The molecule has 1 aromatic rings. The minimum absolute atomic E-state index is 0.161. The van der Waals surface area contributed by atoms with Gasteiger partial charge in [-0.15, -0.1) is 0 Å².